The summed E-state index contributed by atoms with van der Waals surface area (Å²) in [5.41, 5.74) is -0.00470. The molecule has 4 heteroatoms. The highest BCUT2D eigenvalue weighted by Crippen LogP contribution is 2.20. The number of carbonyl (C=O) groups is 2. The molecule has 15 heavy (non-hydrogen) atoms. The number of carboxylic acids is 1. The fraction of sp³-hybridized carbons (Fsp3) is 0.636. The SMILES string of the molecule is C=C(C)C(=O)N(C)C(C)(C)CCC(=O)O. The highest BCUT2D eigenvalue weighted by Gasteiger charge is 2.28. The van der Waals surface area contributed by atoms with Crippen LogP contribution in [0.1, 0.15) is 33.6 Å². The second kappa shape index (κ2) is 4.96. The molecule has 0 bridgehead atoms. The van der Waals surface area contributed by atoms with Crippen LogP contribution < -0.4 is 0 Å². The molecule has 0 unspecified atom stereocenters. The number of rotatable bonds is 5. The largest absolute Gasteiger partial charge is 0.481 e. The van der Waals surface area contributed by atoms with Crippen LogP contribution in [0.4, 0.5) is 0 Å². The average Bonchev–Trinajstić information content (AvgIpc) is 2.12. The van der Waals surface area contributed by atoms with Gasteiger partial charge in [-0.15, -0.1) is 0 Å². The molecule has 0 rings (SSSR count). The van der Waals surface area contributed by atoms with Crippen LogP contribution in [-0.4, -0.2) is 34.5 Å². The number of likely N-dealkylation sites (N-methyl/N-ethyl adjacent to an activating group) is 1. The van der Waals surface area contributed by atoms with Crippen molar-refractivity contribution in [3.63, 3.8) is 0 Å². The van der Waals surface area contributed by atoms with Crippen molar-refractivity contribution in [2.75, 3.05) is 7.05 Å². The molecule has 0 heterocycles. The quantitative estimate of drug-likeness (QED) is 0.707. The van der Waals surface area contributed by atoms with E-state index in [1.165, 1.54) is 4.90 Å². The topological polar surface area (TPSA) is 57.6 Å². The first-order chi connectivity index (χ1) is 6.68. The van der Waals surface area contributed by atoms with Crippen LogP contribution in [0.5, 0.6) is 0 Å². The number of hydrogen-bond acceptors (Lipinski definition) is 2. The maximum atomic E-state index is 11.6. The smallest absolute Gasteiger partial charge is 0.303 e. The molecule has 0 aromatic rings. The first-order valence-corrected chi connectivity index (χ1v) is 4.84. The third-order valence-electron chi connectivity index (χ3n) is 2.53. The fourth-order valence-corrected chi connectivity index (χ4v) is 1.14. The maximum absolute atomic E-state index is 11.6. The molecule has 0 spiro atoms. The van der Waals surface area contributed by atoms with Crippen LogP contribution in [-0.2, 0) is 9.59 Å². The normalized spacial score (nSPS) is 10.9. The lowest BCUT2D eigenvalue weighted by molar-refractivity contribution is -0.139. The molecule has 1 N–H and O–H groups in total. The summed E-state index contributed by atoms with van der Waals surface area (Å²) in [6.45, 7) is 8.91. The molecular weight excluding hydrogens is 194 g/mol. The molecule has 0 fully saturated rings. The van der Waals surface area contributed by atoms with Crippen LogP contribution in [0.25, 0.3) is 0 Å². The van der Waals surface area contributed by atoms with Gasteiger partial charge in [-0.25, -0.2) is 0 Å². The predicted molar refractivity (Wildman–Crippen MR) is 58.5 cm³/mol. The van der Waals surface area contributed by atoms with Gasteiger partial charge in [0.2, 0.25) is 5.91 Å². The zero-order valence-electron chi connectivity index (χ0n) is 9.83. The Labute approximate surface area is 90.6 Å². The second-order valence-corrected chi connectivity index (χ2v) is 4.35. The van der Waals surface area contributed by atoms with Gasteiger partial charge in [-0.05, 0) is 27.2 Å². The molecule has 0 atom stereocenters. The molecule has 0 aromatic heterocycles. The van der Waals surface area contributed by atoms with Crippen molar-refractivity contribution in [1.82, 2.24) is 4.90 Å². The third-order valence-corrected chi connectivity index (χ3v) is 2.53. The van der Waals surface area contributed by atoms with E-state index in [1.54, 1.807) is 14.0 Å². The Morgan fingerprint density at radius 2 is 1.87 bits per heavy atom. The van der Waals surface area contributed by atoms with Crippen molar-refractivity contribution >= 4 is 11.9 Å². The predicted octanol–water partition coefficient (Wildman–Crippen LogP) is 1.66. The second-order valence-electron chi connectivity index (χ2n) is 4.35. The molecule has 86 valence electrons. The summed E-state index contributed by atoms with van der Waals surface area (Å²) in [5.74, 6) is -0.996. The minimum atomic E-state index is -0.848. The Kier molecular flexibility index (Phi) is 4.52. The van der Waals surface area contributed by atoms with E-state index in [-0.39, 0.29) is 12.3 Å². The number of amides is 1. The molecule has 0 aliphatic carbocycles. The Bertz CT molecular complexity index is 282. The zero-order chi connectivity index (χ0) is 12.2. The van der Waals surface area contributed by atoms with Crippen molar-refractivity contribution < 1.29 is 14.7 Å². The highest BCUT2D eigenvalue weighted by atomic mass is 16.4. The standard InChI is InChI=1S/C11H19NO3/c1-8(2)10(15)12(5)11(3,4)7-6-9(13)14/h1,6-7H2,2-5H3,(H,13,14). The summed E-state index contributed by atoms with van der Waals surface area (Å²) in [5, 5.41) is 8.59. The van der Waals surface area contributed by atoms with E-state index in [0.29, 0.717) is 12.0 Å². The van der Waals surface area contributed by atoms with Crippen LogP contribution in [0.2, 0.25) is 0 Å². The van der Waals surface area contributed by atoms with E-state index in [0.717, 1.165) is 0 Å². The Morgan fingerprint density at radius 3 is 2.20 bits per heavy atom. The van der Waals surface area contributed by atoms with Gasteiger partial charge in [0.1, 0.15) is 0 Å². The summed E-state index contributed by atoms with van der Waals surface area (Å²) >= 11 is 0. The monoisotopic (exact) mass is 213 g/mol. The number of nitrogens with zero attached hydrogens (tertiary/aromatic N) is 1. The van der Waals surface area contributed by atoms with Crippen LogP contribution >= 0.6 is 0 Å². The molecule has 0 radical (unpaired) electrons. The molecular formula is C11H19NO3. The van der Waals surface area contributed by atoms with E-state index in [2.05, 4.69) is 6.58 Å². The van der Waals surface area contributed by atoms with Crippen molar-refractivity contribution in [3.8, 4) is 0 Å². The van der Waals surface area contributed by atoms with Gasteiger partial charge in [-0.3, -0.25) is 9.59 Å². The van der Waals surface area contributed by atoms with Gasteiger partial charge >= 0.3 is 5.97 Å². The number of carboxylic acid groups (broad SMARTS) is 1. The van der Waals surface area contributed by atoms with E-state index in [4.69, 9.17) is 5.11 Å². The minimum Gasteiger partial charge on any atom is -0.481 e. The average molecular weight is 213 g/mol. The molecule has 0 aliphatic rings. The van der Waals surface area contributed by atoms with Crippen LogP contribution in [0.3, 0.4) is 0 Å². The lowest BCUT2D eigenvalue weighted by Crippen LogP contribution is -2.45. The maximum Gasteiger partial charge on any atom is 0.303 e. The molecule has 0 saturated carbocycles. The van der Waals surface area contributed by atoms with Crippen LogP contribution in [0.15, 0.2) is 12.2 Å². The summed E-state index contributed by atoms with van der Waals surface area (Å²) in [7, 11) is 1.67. The summed E-state index contributed by atoms with van der Waals surface area (Å²) in [6.07, 6.45) is 0.485. The van der Waals surface area contributed by atoms with Gasteiger partial charge in [-0.2, -0.15) is 0 Å². The van der Waals surface area contributed by atoms with Crippen molar-refractivity contribution in [2.45, 2.75) is 39.2 Å². The molecule has 0 aromatic carbocycles. The van der Waals surface area contributed by atoms with Crippen molar-refractivity contribution in [1.29, 1.82) is 0 Å². The summed E-state index contributed by atoms with van der Waals surface area (Å²) in [6, 6.07) is 0. The van der Waals surface area contributed by atoms with Gasteiger partial charge in [0.15, 0.2) is 0 Å². The van der Waals surface area contributed by atoms with E-state index >= 15 is 0 Å². The lowest BCUT2D eigenvalue weighted by atomic mass is 9.96. The number of hydrogen-bond donors (Lipinski definition) is 1. The molecule has 4 nitrogen and oxygen atoms in total. The molecule has 0 aliphatic heterocycles. The fourth-order valence-electron chi connectivity index (χ4n) is 1.14. The third kappa shape index (κ3) is 4.14. The van der Waals surface area contributed by atoms with E-state index in [9.17, 15) is 9.59 Å². The Hall–Kier alpha value is -1.32. The van der Waals surface area contributed by atoms with E-state index in [1.807, 2.05) is 13.8 Å². The zero-order valence-corrected chi connectivity index (χ0v) is 9.83. The Morgan fingerprint density at radius 1 is 1.40 bits per heavy atom. The molecule has 1 amide bonds. The van der Waals surface area contributed by atoms with Crippen LogP contribution in [0, 0.1) is 0 Å². The Balaban J connectivity index is 4.50. The number of carbonyl (C=O) groups excluding carboxylic acids is 1. The molecule has 0 saturated heterocycles. The van der Waals surface area contributed by atoms with Gasteiger partial charge in [0.05, 0.1) is 0 Å². The first kappa shape index (κ1) is 13.7. The first-order valence-electron chi connectivity index (χ1n) is 4.84. The van der Waals surface area contributed by atoms with E-state index < -0.39 is 11.5 Å². The van der Waals surface area contributed by atoms with Crippen molar-refractivity contribution in [2.24, 2.45) is 0 Å². The van der Waals surface area contributed by atoms with Gasteiger partial charge in [0.25, 0.3) is 0 Å². The van der Waals surface area contributed by atoms with Gasteiger partial charge in [-0.1, -0.05) is 6.58 Å². The minimum absolute atomic E-state index is 0.0564. The number of aliphatic carboxylic acids is 1. The summed E-state index contributed by atoms with van der Waals surface area (Å²) in [4.78, 5) is 23.6. The summed E-state index contributed by atoms with van der Waals surface area (Å²) < 4.78 is 0. The van der Waals surface area contributed by atoms with Crippen molar-refractivity contribution in [3.05, 3.63) is 12.2 Å². The lowest BCUT2D eigenvalue weighted by Gasteiger charge is -2.35. The van der Waals surface area contributed by atoms with Gasteiger partial charge in [0, 0.05) is 24.6 Å². The van der Waals surface area contributed by atoms with Gasteiger partial charge < -0.3 is 10.0 Å². The highest BCUT2D eigenvalue weighted by molar-refractivity contribution is 5.92.